The normalized spacial score (nSPS) is 12.0. The Morgan fingerprint density at radius 1 is 1.33 bits per heavy atom. The van der Waals surface area contributed by atoms with Crippen molar-refractivity contribution in [3.05, 3.63) is 48.3 Å². The van der Waals surface area contributed by atoms with Gasteiger partial charge >= 0.3 is 0 Å². The van der Waals surface area contributed by atoms with Crippen LogP contribution in [0, 0.1) is 11.3 Å². The van der Waals surface area contributed by atoms with Crippen molar-refractivity contribution in [3.63, 3.8) is 0 Å². The number of rotatable bonds is 2. The molecule has 0 bridgehead atoms. The molecule has 0 aliphatic heterocycles. The molecule has 1 heterocycles. The zero-order valence-electron chi connectivity index (χ0n) is 7.84. The van der Waals surface area contributed by atoms with E-state index in [0.717, 1.165) is 5.69 Å². The average Bonchev–Trinajstić information content (AvgIpc) is 2.78. The Kier molecular flexibility index (Phi) is 2.70. The van der Waals surface area contributed by atoms with Crippen molar-refractivity contribution in [1.82, 2.24) is 9.78 Å². The molecule has 0 aliphatic carbocycles. The lowest BCUT2D eigenvalue weighted by atomic mass is 10.3. The third kappa shape index (κ3) is 2.00. The van der Waals surface area contributed by atoms with Crippen LogP contribution in [0.4, 0.5) is 0 Å². The van der Waals surface area contributed by atoms with Crippen LogP contribution in [0.25, 0.3) is 5.69 Å². The number of nitrogens with zero attached hydrogens (tertiary/aromatic N) is 3. The minimum atomic E-state index is -0.637. The van der Waals surface area contributed by atoms with Gasteiger partial charge in [-0.1, -0.05) is 18.2 Å². The first-order chi connectivity index (χ1) is 7.31. The zero-order valence-corrected chi connectivity index (χ0v) is 8.59. The minimum Gasteiger partial charge on any atom is -0.241 e. The molecule has 1 aromatic heterocycles. The largest absolute Gasteiger partial charge is 0.241 e. The van der Waals surface area contributed by atoms with E-state index in [1.165, 1.54) is 0 Å². The Balaban J connectivity index is 2.33. The van der Waals surface area contributed by atoms with Crippen LogP contribution in [-0.4, -0.2) is 9.78 Å². The fraction of sp³-hybridized carbons (Fsp3) is 0.0909. The SMILES string of the molecule is N#CC(Cl)c1cnn(-c2ccccc2)c1. The summed E-state index contributed by atoms with van der Waals surface area (Å²) in [6.45, 7) is 0. The maximum atomic E-state index is 8.65. The number of nitriles is 1. The summed E-state index contributed by atoms with van der Waals surface area (Å²) in [6.07, 6.45) is 3.37. The Morgan fingerprint density at radius 2 is 2.07 bits per heavy atom. The molecule has 3 nitrogen and oxygen atoms in total. The molecule has 0 fully saturated rings. The molecular weight excluding hydrogens is 210 g/mol. The first kappa shape index (κ1) is 9.75. The summed E-state index contributed by atoms with van der Waals surface area (Å²) >= 11 is 5.78. The van der Waals surface area contributed by atoms with Crippen LogP contribution >= 0.6 is 11.6 Å². The summed E-state index contributed by atoms with van der Waals surface area (Å²) in [5, 5.41) is 12.1. The molecule has 0 N–H and O–H groups in total. The second kappa shape index (κ2) is 4.16. The molecule has 0 spiro atoms. The summed E-state index contributed by atoms with van der Waals surface area (Å²) < 4.78 is 1.70. The number of para-hydroxylation sites is 1. The predicted molar refractivity (Wildman–Crippen MR) is 57.8 cm³/mol. The Morgan fingerprint density at radius 3 is 2.73 bits per heavy atom. The van der Waals surface area contributed by atoms with Crippen LogP contribution in [-0.2, 0) is 0 Å². The van der Waals surface area contributed by atoms with Gasteiger partial charge in [-0.2, -0.15) is 10.4 Å². The molecule has 2 rings (SSSR count). The third-order valence-electron chi connectivity index (χ3n) is 2.03. The number of benzene rings is 1. The Labute approximate surface area is 92.5 Å². The number of aromatic nitrogens is 2. The molecule has 2 aromatic rings. The number of halogens is 1. The van der Waals surface area contributed by atoms with Gasteiger partial charge in [-0.25, -0.2) is 4.68 Å². The van der Waals surface area contributed by atoms with Crippen molar-refractivity contribution in [1.29, 1.82) is 5.26 Å². The zero-order chi connectivity index (χ0) is 10.7. The summed E-state index contributed by atoms with van der Waals surface area (Å²) in [5.41, 5.74) is 1.66. The van der Waals surface area contributed by atoms with Crippen LogP contribution < -0.4 is 0 Å². The number of hydrogen-bond acceptors (Lipinski definition) is 2. The lowest BCUT2D eigenvalue weighted by Gasteiger charge is -1.99. The lowest BCUT2D eigenvalue weighted by Crippen LogP contribution is -1.92. The minimum absolute atomic E-state index is 0.637. The molecule has 0 radical (unpaired) electrons. The highest BCUT2D eigenvalue weighted by Crippen LogP contribution is 2.19. The van der Waals surface area contributed by atoms with E-state index in [1.54, 1.807) is 17.1 Å². The van der Waals surface area contributed by atoms with Gasteiger partial charge in [0, 0.05) is 11.8 Å². The topological polar surface area (TPSA) is 41.6 Å². The van der Waals surface area contributed by atoms with Gasteiger partial charge in [-0.3, -0.25) is 0 Å². The second-order valence-electron chi connectivity index (χ2n) is 3.05. The van der Waals surface area contributed by atoms with Crippen molar-refractivity contribution in [2.24, 2.45) is 0 Å². The van der Waals surface area contributed by atoms with Crippen molar-refractivity contribution in [2.75, 3.05) is 0 Å². The van der Waals surface area contributed by atoms with Crippen LogP contribution in [0.2, 0.25) is 0 Å². The maximum absolute atomic E-state index is 8.65. The van der Waals surface area contributed by atoms with Gasteiger partial charge in [0.05, 0.1) is 18.0 Å². The molecule has 74 valence electrons. The summed E-state index contributed by atoms with van der Waals surface area (Å²) in [4.78, 5) is 0. The lowest BCUT2D eigenvalue weighted by molar-refractivity contribution is 0.880. The highest BCUT2D eigenvalue weighted by molar-refractivity contribution is 6.22. The Bertz CT molecular complexity index is 484. The quantitative estimate of drug-likeness (QED) is 0.726. The van der Waals surface area contributed by atoms with Gasteiger partial charge in [0.2, 0.25) is 0 Å². The van der Waals surface area contributed by atoms with E-state index in [1.807, 2.05) is 36.4 Å². The molecule has 0 saturated carbocycles. The molecule has 0 saturated heterocycles. The van der Waals surface area contributed by atoms with Crippen LogP contribution in [0.1, 0.15) is 10.9 Å². The van der Waals surface area contributed by atoms with Crippen LogP contribution in [0.15, 0.2) is 42.7 Å². The van der Waals surface area contributed by atoms with E-state index in [2.05, 4.69) is 5.10 Å². The molecule has 0 aliphatic rings. The molecule has 1 aromatic carbocycles. The van der Waals surface area contributed by atoms with E-state index >= 15 is 0 Å². The van der Waals surface area contributed by atoms with Gasteiger partial charge in [0.15, 0.2) is 0 Å². The maximum Gasteiger partial charge on any atom is 0.148 e. The predicted octanol–water partition coefficient (Wildman–Crippen LogP) is 2.68. The first-order valence-corrected chi connectivity index (χ1v) is 4.88. The molecule has 4 heteroatoms. The number of alkyl halides is 1. The highest BCUT2D eigenvalue weighted by atomic mass is 35.5. The van der Waals surface area contributed by atoms with Crippen molar-refractivity contribution in [3.8, 4) is 11.8 Å². The average molecular weight is 218 g/mol. The van der Waals surface area contributed by atoms with Crippen molar-refractivity contribution < 1.29 is 0 Å². The van der Waals surface area contributed by atoms with Crippen molar-refractivity contribution >= 4 is 11.6 Å². The van der Waals surface area contributed by atoms with Gasteiger partial charge in [0.1, 0.15) is 5.38 Å². The van der Waals surface area contributed by atoms with Gasteiger partial charge in [-0.05, 0) is 12.1 Å². The summed E-state index contributed by atoms with van der Waals surface area (Å²) in [5.74, 6) is 0. The van der Waals surface area contributed by atoms with Crippen LogP contribution in [0.3, 0.4) is 0 Å². The molecular formula is C11H8ClN3. The third-order valence-corrected chi connectivity index (χ3v) is 2.38. The smallest absolute Gasteiger partial charge is 0.148 e. The van der Waals surface area contributed by atoms with E-state index in [-0.39, 0.29) is 0 Å². The van der Waals surface area contributed by atoms with E-state index in [0.29, 0.717) is 5.56 Å². The molecule has 1 unspecified atom stereocenters. The second-order valence-corrected chi connectivity index (χ2v) is 3.48. The molecule has 1 atom stereocenters. The standard InChI is InChI=1S/C11H8ClN3/c12-11(6-13)9-7-14-15(8-9)10-4-2-1-3-5-10/h1-5,7-8,11H. The van der Waals surface area contributed by atoms with Gasteiger partial charge in [-0.15, -0.1) is 11.6 Å². The summed E-state index contributed by atoms with van der Waals surface area (Å²) in [6, 6.07) is 11.6. The Hall–Kier alpha value is -1.79. The van der Waals surface area contributed by atoms with Gasteiger partial charge in [0.25, 0.3) is 0 Å². The number of hydrogen-bond donors (Lipinski definition) is 0. The summed E-state index contributed by atoms with van der Waals surface area (Å²) in [7, 11) is 0. The molecule has 15 heavy (non-hydrogen) atoms. The van der Waals surface area contributed by atoms with E-state index in [9.17, 15) is 0 Å². The van der Waals surface area contributed by atoms with Crippen molar-refractivity contribution in [2.45, 2.75) is 5.38 Å². The highest BCUT2D eigenvalue weighted by Gasteiger charge is 2.08. The fourth-order valence-electron chi connectivity index (χ4n) is 1.26. The van der Waals surface area contributed by atoms with E-state index < -0.39 is 5.38 Å². The van der Waals surface area contributed by atoms with Crippen LogP contribution in [0.5, 0.6) is 0 Å². The van der Waals surface area contributed by atoms with E-state index in [4.69, 9.17) is 16.9 Å². The monoisotopic (exact) mass is 217 g/mol. The first-order valence-electron chi connectivity index (χ1n) is 4.45. The van der Waals surface area contributed by atoms with Gasteiger partial charge < -0.3 is 0 Å². The molecule has 0 amide bonds. The fourth-order valence-corrected chi connectivity index (χ4v) is 1.38.